The number of aromatic nitrogens is 1. The number of pyridine rings is 1. The summed E-state index contributed by atoms with van der Waals surface area (Å²) in [6.45, 7) is 7.67. The zero-order valence-electron chi connectivity index (χ0n) is 19.8. The van der Waals surface area contributed by atoms with Crippen molar-refractivity contribution in [3.05, 3.63) is 48.6 Å². The first-order valence-corrected chi connectivity index (χ1v) is 12.9. The zero-order valence-corrected chi connectivity index (χ0v) is 20.6. The second-order valence-corrected chi connectivity index (χ2v) is 11.7. The van der Waals surface area contributed by atoms with Gasteiger partial charge in [-0.1, -0.05) is 12.7 Å². The van der Waals surface area contributed by atoms with E-state index in [2.05, 4.69) is 16.6 Å². The number of rotatable bonds is 7. The highest BCUT2D eigenvalue weighted by atomic mass is 32.2. The molecule has 1 amide bonds. The summed E-state index contributed by atoms with van der Waals surface area (Å²) in [4.78, 5) is 23.3. The molecular weight excluding hydrogens is 459 g/mol. The largest absolute Gasteiger partial charge is 0.481 e. The van der Waals surface area contributed by atoms with E-state index in [0.29, 0.717) is 35.7 Å². The molecule has 0 N–H and O–H groups in total. The molecule has 1 saturated carbocycles. The Balaban J connectivity index is 1.58. The summed E-state index contributed by atoms with van der Waals surface area (Å²) in [6.07, 6.45) is 7.75. The van der Waals surface area contributed by atoms with Gasteiger partial charge < -0.3 is 4.74 Å². The molecule has 4 rings (SSSR count). The molecule has 3 fully saturated rings. The fourth-order valence-electron chi connectivity index (χ4n) is 4.66. The third-order valence-corrected chi connectivity index (χ3v) is 9.27. The molecule has 1 aliphatic carbocycles. The molecule has 2 saturated heterocycles. The average Bonchev–Trinajstić information content (AvgIpc) is 3.62. The van der Waals surface area contributed by atoms with Crippen LogP contribution >= 0.6 is 0 Å². The monoisotopic (exact) mass is 490 g/mol. The highest BCUT2D eigenvalue weighted by molar-refractivity contribution is 7.90. The molecule has 184 valence electrons. The summed E-state index contributed by atoms with van der Waals surface area (Å²) < 4.78 is 47.7. The normalized spacial score (nSPS) is 24.5. The number of sulfonamides is 1. The van der Waals surface area contributed by atoms with Gasteiger partial charge in [-0.3, -0.25) is 14.7 Å². The molecule has 3 heterocycles. The zero-order chi connectivity index (χ0) is 24.7. The number of methoxy groups -OCH3 is 1. The van der Waals surface area contributed by atoms with Crippen molar-refractivity contribution >= 4 is 27.3 Å². The predicted octanol–water partition coefficient (Wildman–Crippen LogP) is 3.46. The second-order valence-electron chi connectivity index (χ2n) is 9.51. The number of piperidine rings is 1. The molecule has 0 aromatic carbocycles. The van der Waals surface area contributed by atoms with Crippen molar-refractivity contribution in [3.8, 4) is 0 Å². The lowest BCUT2D eigenvalue weighted by molar-refractivity contribution is -0.117. The number of halogens is 1. The smallest absolute Gasteiger partial charge is 0.233 e. The number of nitrogens with zero attached hydrogens (tertiary/aromatic N) is 4. The molecule has 10 heteroatoms. The van der Waals surface area contributed by atoms with Crippen LogP contribution in [-0.2, 0) is 25.2 Å². The van der Waals surface area contributed by atoms with Crippen LogP contribution in [0, 0.1) is 0 Å². The standard InChI is InChI=1S/C24H31FN4O4S/c1-5-6-21(33-4)27-20-14-22(30)29(23(20,2)3)18-13-17(15-26-16-18)24(25)9-11-28(12-10-24)34(31,32)19-7-8-19/h5-6,13,15-16,19H,1,7-12,14H2,2-4H3/b21-6+,27-20+. The number of alkyl halides is 1. The van der Waals surface area contributed by atoms with E-state index in [9.17, 15) is 13.2 Å². The summed E-state index contributed by atoms with van der Waals surface area (Å²) >= 11 is 0. The molecule has 8 nitrogen and oxygen atoms in total. The van der Waals surface area contributed by atoms with Gasteiger partial charge in [-0.05, 0) is 51.7 Å². The summed E-state index contributed by atoms with van der Waals surface area (Å²) in [5.41, 5.74) is -1.04. The van der Waals surface area contributed by atoms with Gasteiger partial charge in [-0.15, -0.1) is 0 Å². The number of ether oxygens (including phenoxy) is 1. The van der Waals surface area contributed by atoms with E-state index in [4.69, 9.17) is 4.74 Å². The van der Waals surface area contributed by atoms with Crippen LogP contribution in [0.15, 0.2) is 48.1 Å². The van der Waals surface area contributed by atoms with Gasteiger partial charge in [0.2, 0.25) is 21.8 Å². The van der Waals surface area contributed by atoms with Gasteiger partial charge in [0.25, 0.3) is 0 Å². The van der Waals surface area contributed by atoms with Crippen molar-refractivity contribution in [3.63, 3.8) is 0 Å². The Morgan fingerprint density at radius 2 is 1.97 bits per heavy atom. The van der Waals surface area contributed by atoms with Gasteiger partial charge in [0.05, 0.1) is 41.9 Å². The Labute approximate surface area is 200 Å². The van der Waals surface area contributed by atoms with Crippen molar-refractivity contribution in [2.45, 2.75) is 62.4 Å². The Morgan fingerprint density at radius 3 is 2.56 bits per heavy atom. The number of hydrogen-bond donors (Lipinski definition) is 0. The molecule has 34 heavy (non-hydrogen) atoms. The van der Waals surface area contributed by atoms with Gasteiger partial charge in [0.1, 0.15) is 5.67 Å². The first kappa shape index (κ1) is 24.5. The quantitative estimate of drug-likeness (QED) is 0.431. The Bertz CT molecular complexity index is 1150. The van der Waals surface area contributed by atoms with E-state index >= 15 is 4.39 Å². The van der Waals surface area contributed by atoms with E-state index in [-0.39, 0.29) is 43.5 Å². The van der Waals surface area contributed by atoms with Crippen LogP contribution in [0.3, 0.4) is 0 Å². The van der Waals surface area contributed by atoms with Gasteiger partial charge >= 0.3 is 0 Å². The lowest BCUT2D eigenvalue weighted by Gasteiger charge is -2.37. The summed E-state index contributed by atoms with van der Waals surface area (Å²) in [5.74, 6) is 0.172. The third kappa shape index (κ3) is 4.40. The minimum absolute atomic E-state index is 0.0533. The van der Waals surface area contributed by atoms with Crippen LogP contribution in [0.2, 0.25) is 0 Å². The molecule has 3 aliphatic rings. The maximum Gasteiger partial charge on any atom is 0.233 e. The molecule has 0 bridgehead atoms. The molecule has 0 unspecified atom stereocenters. The SMILES string of the molecule is C=C/C=C(\N=C1/CC(=O)N(c2cncc(C3(F)CCN(S(=O)(=O)C4CC4)CC3)c2)C1(C)C)OC. The fourth-order valence-corrected chi connectivity index (χ4v) is 6.51. The Kier molecular flexibility index (Phi) is 6.41. The minimum Gasteiger partial charge on any atom is -0.481 e. The van der Waals surface area contributed by atoms with E-state index in [1.165, 1.54) is 17.6 Å². The maximum absolute atomic E-state index is 16.0. The van der Waals surface area contributed by atoms with E-state index in [0.717, 1.165) is 0 Å². The molecule has 1 aromatic heterocycles. The number of aliphatic imine (C=N–C) groups is 1. The maximum atomic E-state index is 16.0. The van der Waals surface area contributed by atoms with Crippen LogP contribution in [0.1, 0.15) is 51.5 Å². The van der Waals surface area contributed by atoms with Gasteiger partial charge in [-0.2, -0.15) is 0 Å². The number of carbonyl (C=O) groups excluding carboxylic acids is 1. The first-order valence-electron chi connectivity index (χ1n) is 11.4. The summed E-state index contributed by atoms with van der Waals surface area (Å²) in [5, 5.41) is -0.302. The van der Waals surface area contributed by atoms with Crippen LogP contribution in [-0.4, -0.2) is 60.3 Å². The number of hydrogen-bond acceptors (Lipinski definition) is 6. The van der Waals surface area contributed by atoms with Crippen molar-refractivity contribution in [2.24, 2.45) is 4.99 Å². The van der Waals surface area contributed by atoms with Crippen LogP contribution in [0.4, 0.5) is 10.1 Å². The number of carbonyl (C=O) groups is 1. The highest BCUT2D eigenvalue weighted by Gasteiger charge is 2.47. The fraction of sp³-hybridized carbons (Fsp3) is 0.542. The topological polar surface area (TPSA) is 92.2 Å². The average molecular weight is 491 g/mol. The lowest BCUT2D eigenvalue weighted by atomic mass is 9.87. The van der Waals surface area contributed by atoms with E-state index in [1.54, 1.807) is 29.3 Å². The number of allylic oxidation sites excluding steroid dienone is 2. The van der Waals surface area contributed by atoms with Gasteiger partial charge in [-0.25, -0.2) is 22.1 Å². The molecule has 0 spiro atoms. The molecule has 2 aliphatic heterocycles. The van der Waals surface area contributed by atoms with Gasteiger partial charge in [0, 0.05) is 24.8 Å². The highest BCUT2D eigenvalue weighted by Crippen LogP contribution is 2.42. The lowest BCUT2D eigenvalue weighted by Crippen LogP contribution is -2.46. The van der Waals surface area contributed by atoms with Gasteiger partial charge in [0.15, 0.2) is 0 Å². The van der Waals surface area contributed by atoms with Crippen LogP contribution in [0.5, 0.6) is 0 Å². The molecule has 0 atom stereocenters. The van der Waals surface area contributed by atoms with E-state index in [1.807, 2.05) is 13.8 Å². The van der Waals surface area contributed by atoms with Crippen molar-refractivity contribution in [1.29, 1.82) is 0 Å². The predicted molar refractivity (Wildman–Crippen MR) is 129 cm³/mol. The molecule has 0 radical (unpaired) electrons. The summed E-state index contributed by atoms with van der Waals surface area (Å²) in [7, 11) is -1.83. The third-order valence-electron chi connectivity index (χ3n) is 6.87. The summed E-state index contributed by atoms with van der Waals surface area (Å²) in [6, 6.07) is 1.65. The van der Waals surface area contributed by atoms with Crippen molar-refractivity contribution in [1.82, 2.24) is 9.29 Å². The van der Waals surface area contributed by atoms with Crippen molar-refractivity contribution in [2.75, 3.05) is 25.1 Å². The van der Waals surface area contributed by atoms with Crippen LogP contribution in [0.25, 0.3) is 0 Å². The Morgan fingerprint density at radius 1 is 1.29 bits per heavy atom. The van der Waals surface area contributed by atoms with E-state index < -0.39 is 21.2 Å². The number of anilines is 1. The first-order chi connectivity index (χ1) is 16.0. The second kappa shape index (κ2) is 8.88. The Hall–Kier alpha value is -2.59. The molecule has 1 aromatic rings. The minimum atomic E-state index is -3.32. The van der Waals surface area contributed by atoms with Crippen LogP contribution < -0.4 is 4.90 Å². The molecular formula is C24H31FN4O4S. The number of amides is 1. The van der Waals surface area contributed by atoms with Crippen molar-refractivity contribution < 1.29 is 22.3 Å².